The smallest absolute Gasteiger partial charge is 0.305 e. The highest BCUT2D eigenvalue weighted by Crippen LogP contribution is 2.16. The number of carboxylic acids is 1. The summed E-state index contributed by atoms with van der Waals surface area (Å²) in [6.45, 7) is 3.19. The summed E-state index contributed by atoms with van der Waals surface area (Å²) in [7, 11) is 0. The number of carbonyl (C=O) groups excluding carboxylic acids is 1. The van der Waals surface area contributed by atoms with Crippen LogP contribution in [0, 0.1) is 0 Å². The minimum absolute atomic E-state index is 0.0680. The van der Waals surface area contributed by atoms with Crippen LogP contribution < -0.4 is 5.32 Å². The first kappa shape index (κ1) is 13.0. The Labute approximate surface area is 98.3 Å². The average Bonchev–Trinajstić information content (AvgIpc) is 2.14. The molecule has 0 aliphatic heterocycles. The van der Waals surface area contributed by atoms with Crippen molar-refractivity contribution >= 4 is 11.9 Å². The number of rotatable bonds is 4. The minimum atomic E-state index is -1.01. The number of aliphatic carboxylic acids is 1. The molecule has 6 heteroatoms. The van der Waals surface area contributed by atoms with Gasteiger partial charge in [-0.3, -0.25) is 14.6 Å². The maximum atomic E-state index is 11.8. The lowest BCUT2D eigenvalue weighted by molar-refractivity contribution is -0.138. The van der Waals surface area contributed by atoms with Gasteiger partial charge in [0.05, 0.1) is 18.2 Å². The van der Waals surface area contributed by atoms with Crippen molar-refractivity contribution in [3.05, 3.63) is 24.0 Å². The molecular weight excluding hydrogens is 224 g/mol. The first-order chi connectivity index (χ1) is 7.82. The summed E-state index contributed by atoms with van der Waals surface area (Å²) in [5.74, 6) is -1.78. The largest absolute Gasteiger partial charge is 0.505 e. The molecule has 1 heterocycles. The summed E-state index contributed by atoms with van der Waals surface area (Å²) in [4.78, 5) is 26.0. The van der Waals surface area contributed by atoms with E-state index in [9.17, 15) is 14.7 Å². The monoisotopic (exact) mass is 238 g/mol. The Morgan fingerprint density at radius 2 is 2.12 bits per heavy atom. The molecule has 0 aliphatic rings. The van der Waals surface area contributed by atoms with Gasteiger partial charge in [0, 0.05) is 11.7 Å². The van der Waals surface area contributed by atoms with Crippen molar-refractivity contribution in [1.82, 2.24) is 10.3 Å². The van der Waals surface area contributed by atoms with E-state index < -0.39 is 17.4 Å². The Bertz CT molecular complexity index is 443. The maximum absolute atomic E-state index is 11.8. The summed E-state index contributed by atoms with van der Waals surface area (Å²) >= 11 is 0. The number of carboxylic acid groups (broad SMARTS) is 1. The fourth-order valence-corrected chi connectivity index (χ4v) is 1.38. The molecule has 0 bridgehead atoms. The van der Waals surface area contributed by atoms with Gasteiger partial charge in [-0.15, -0.1) is 0 Å². The van der Waals surface area contributed by atoms with E-state index >= 15 is 0 Å². The van der Waals surface area contributed by atoms with Gasteiger partial charge in [-0.2, -0.15) is 0 Å². The van der Waals surface area contributed by atoms with E-state index in [2.05, 4.69) is 10.3 Å². The molecular formula is C11H14N2O4. The van der Waals surface area contributed by atoms with E-state index in [0.717, 1.165) is 6.20 Å². The lowest BCUT2D eigenvalue weighted by Crippen LogP contribution is -2.44. The summed E-state index contributed by atoms with van der Waals surface area (Å²) in [5.41, 5.74) is -0.822. The number of aromatic hydroxyl groups is 1. The van der Waals surface area contributed by atoms with Crippen molar-refractivity contribution < 1.29 is 19.8 Å². The minimum Gasteiger partial charge on any atom is -0.505 e. The van der Waals surface area contributed by atoms with E-state index in [4.69, 9.17) is 5.11 Å². The molecule has 1 rings (SSSR count). The quantitative estimate of drug-likeness (QED) is 0.719. The van der Waals surface area contributed by atoms with Crippen molar-refractivity contribution in [3.63, 3.8) is 0 Å². The highest BCUT2D eigenvalue weighted by Gasteiger charge is 2.25. The number of aromatic nitrogens is 1. The van der Waals surface area contributed by atoms with Crippen LogP contribution in [0.4, 0.5) is 0 Å². The van der Waals surface area contributed by atoms with Crippen molar-refractivity contribution in [2.24, 2.45) is 0 Å². The third-order valence-corrected chi connectivity index (χ3v) is 2.09. The van der Waals surface area contributed by atoms with Crippen LogP contribution in [0.3, 0.4) is 0 Å². The predicted molar refractivity (Wildman–Crippen MR) is 59.7 cm³/mol. The van der Waals surface area contributed by atoms with Crippen LogP contribution in [0.2, 0.25) is 0 Å². The molecule has 17 heavy (non-hydrogen) atoms. The van der Waals surface area contributed by atoms with Gasteiger partial charge in [0.25, 0.3) is 5.91 Å². The predicted octanol–water partition coefficient (Wildman–Crippen LogP) is 0.770. The molecule has 0 spiro atoms. The van der Waals surface area contributed by atoms with Gasteiger partial charge in [-0.05, 0) is 19.9 Å². The number of carbonyl (C=O) groups is 2. The van der Waals surface area contributed by atoms with E-state index in [1.165, 1.54) is 12.3 Å². The van der Waals surface area contributed by atoms with E-state index in [0.29, 0.717) is 0 Å². The molecule has 0 atom stereocenters. The fourth-order valence-electron chi connectivity index (χ4n) is 1.38. The molecule has 0 fully saturated rings. The Morgan fingerprint density at radius 3 is 2.65 bits per heavy atom. The van der Waals surface area contributed by atoms with Crippen LogP contribution in [0.5, 0.6) is 5.75 Å². The number of hydrogen-bond donors (Lipinski definition) is 3. The summed E-state index contributed by atoms with van der Waals surface area (Å²) < 4.78 is 0. The molecule has 0 saturated carbocycles. The number of amides is 1. The average molecular weight is 238 g/mol. The van der Waals surface area contributed by atoms with E-state index in [1.807, 2.05) is 0 Å². The Morgan fingerprint density at radius 1 is 1.47 bits per heavy atom. The first-order valence-electron chi connectivity index (χ1n) is 4.99. The third-order valence-electron chi connectivity index (χ3n) is 2.09. The Balaban J connectivity index is 2.79. The number of nitrogens with one attached hydrogen (secondary N) is 1. The van der Waals surface area contributed by atoms with Gasteiger partial charge < -0.3 is 15.5 Å². The molecule has 3 N–H and O–H groups in total. The fraction of sp³-hybridized carbons (Fsp3) is 0.364. The highest BCUT2D eigenvalue weighted by atomic mass is 16.4. The second-order valence-electron chi connectivity index (χ2n) is 4.30. The second-order valence-corrected chi connectivity index (χ2v) is 4.30. The zero-order chi connectivity index (χ0) is 13.1. The molecule has 1 amide bonds. The standard InChI is InChI=1S/C11H14N2O4/c1-11(2,5-9(15)16)13-10(17)7-3-4-12-6-8(7)14/h3-4,6,14H,5H2,1-2H3,(H,13,17)(H,15,16). The van der Waals surface area contributed by atoms with Crippen LogP contribution in [-0.4, -0.2) is 32.6 Å². The molecule has 0 saturated heterocycles. The van der Waals surface area contributed by atoms with E-state index in [-0.39, 0.29) is 17.7 Å². The number of hydrogen-bond acceptors (Lipinski definition) is 4. The van der Waals surface area contributed by atoms with Crippen molar-refractivity contribution in [2.45, 2.75) is 25.8 Å². The van der Waals surface area contributed by atoms with Crippen molar-refractivity contribution in [1.29, 1.82) is 0 Å². The zero-order valence-electron chi connectivity index (χ0n) is 9.60. The zero-order valence-corrected chi connectivity index (χ0v) is 9.60. The van der Waals surface area contributed by atoms with Gasteiger partial charge >= 0.3 is 5.97 Å². The van der Waals surface area contributed by atoms with Crippen molar-refractivity contribution in [2.75, 3.05) is 0 Å². The molecule has 0 aromatic carbocycles. The molecule has 0 unspecified atom stereocenters. The third kappa shape index (κ3) is 3.75. The molecule has 0 radical (unpaired) electrons. The normalized spacial score (nSPS) is 10.9. The lowest BCUT2D eigenvalue weighted by Gasteiger charge is -2.24. The van der Waals surface area contributed by atoms with E-state index in [1.54, 1.807) is 13.8 Å². The van der Waals surface area contributed by atoms with Crippen LogP contribution in [0.1, 0.15) is 30.6 Å². The SMILES string of the molecule is CC(C)(CC(=O)O)NC(=O)c1ccncc1O. The second kappa shape index (κ2) is 4.82. The van der Waals surface area contributed by atoms with Crippen LogP contribution >= 0.6 is 0 Å². The van der Waals surface area contributed by atoms with Gasteiger partial charge in [-0.1, -0.05) is 0 Å². The Kier molecular flexibility index (Phi) is 3.67. The summed E-state index contributed by atoms with van der Waals surface area (Å²) in [6.07, 6.45) is 2.32. The summed E-state index contributed by atoms with van der Waals surface area (Å²) in [6, 6.07) is 1.36. The molecule has 92 valence electrons. The van der Waals surface area contributed by atoms with Gasteiger partial charge in [-0.25, -0.2) is 0 Å². The van der Waals surface area contributed by atoms with Crippen LogP contribution in [-0.2, 0) is 4.79 Å². The molecule has 0 aliphatic carbocycles. The summed E-state index contributed by atoms with van der Waals surface area (Å²) in [5, 5.41) is 20.6. The molecule has 6 nitrogen and oxygen atoms in total. The van der Waals surface area contributed by atoms with Crippen LogP contribution in [0.25, 0.3) is 0 Å². The van der Waals surface area contributed by atoms with Gasteiger partial charge in [0.2, 0.25) is 0 Å². The number of nitrogens with zero attached hydrogens (tertiary/aromatic N) is 1. The lowest BCUT2D eigenvalue weighted by atomic mass is 10.00. The number of pyridine rings is 1. The topological polar surface area (TPSA) is 99.5 Å². The van der Waals surface area contributed by atoms with Gasteiger partial charge in [0.15, 0.2) is 0 Å². The Hall–Kier alpha value is -2.11. The molecule has 1 aromatic heterocycles. The molecule has 1 aromatic rings. The first-order valence-corrected chi connectivity index (χ1v) is 4.99. The van der Waals surface area contributed by atoms with Crippen LogP contribution in [0.15, 0.2) is 18.5 Å². The highest BCUT2D eigenvalue weighted by molar-refractivity contribution is 5.97. The van der Waals surface area contributed by atoms with Gasteiger partial charge in [0.1, 0.15) is 5.75 Å². The maximum Gasteiger partial charge on any atom is 0.305 e. The van der Waals surface area contributed by atoms with Crippen molar-refractivity contribution in [3.8, 4) is 5.75 Å².